The average molecular weight is 344 g/mol. The number of hydrogen-bond acceptors (Lipinski definition) is 3. The number of aromatic amines is 1. The molecule has 0 spiro atoms. The first-order chi connectivity index (χ1) is 12.0. The zero-order valence-electron chi connectivity index (χ0n) is 15.3. The van der Waals surface area contributed by atoms with E-state index < -0.39 is 0 Å². The van der Waals surface area contributed by atoms with Gasteiger partial charge in [-0.25, -0.2) is 0 Å². The highest BCUT2D eigenvalue weighted by Crippen LogP contribution is 2.17. The van der Waals surface area contributed by atoms with Gasteiger partial charge in [-0.15, -0.1) is 0 Å². The van der Waals surface area contributed by atoms with E-state index in [2.05, 4.69) is 16.4 Å². The third-order valence-electron chi connectivity index (χ3n) is 4.33. The van der Waals surface area contributed by atoms with Gasteiger partial charge in [0.05, 0.1) is 13.1 Å². The van der Waals surface area contributed by atoms with Crippen LogP contribution in [0.5, 0.6) is 0 Å². The first kappa shape index (κ1) is 19.0. The molecule has 0 saturated carbocycles. The first-order valence-electron chi connectivity index (χ1n) is 8.83. The lowest BCUT2D eigenvalue weighted by molar-refractivity contribution is -0.132. The average Bonchev–Trinajstić information content (AvgIpc) is 2.99. The Morgan fingerprint density at radius 2 is 1.84 bits per heavy atom. The summed E-state index contributed by atoms with van der Waals surface area (Å²) in [7, 11) is 1.79. The van der Waals surface area contributed by atoms with Crippen molar-refractivity contribution in [2.75, 3.05) is 39.8 Å². The first-order valence-corrected chi connectivity index (χ1v) is 8.83. The van der Waals surface area contributed by atoms with Crippen LogP contribution in [-0.4, -0.2) is 66.4 Å². The molecular weight excluding hydrogens is 316 g/mol. The molecule has 1 heterocycles. The molecule has 1 aromatic carbocycles. The quantitative estimate of drug-likeness (QED) is 0.726. The van der Waals surface area contributed by atoms with E-state index in [0.29, 0.717) is 19.6 Å². The third kappa shape index (κ3) is 5.32. The molecule has 1 aromatic heterocycles. The number of carbonyl (C=O) groups is 2. The molecule has 136 valence electrons. The van der Waals surface area contributed by atoms with E-state index in [1.54, 1.807) is 16.8 Å². The molecular formula is C19H28N4O2. The highest BCUT2D eigenvalue weighted by molar-refractivity contribution is 5.83. The second-order valence-electron chi connectivity index (χ2n) is 6.20. The van der Waals surface area contributed by atoms with Gasteiger partial charge in [0.1, 0.15) is 0 Å². The number of likely N-dealkylation sites (N-methyl/N-ethyl adjacent to an activating group) is 2. The molecule has 2 rings (SSSR count). The predicted molar refractivity (Wildman–Crippen MR) is 100 cm³/mol. The number of H-pyrrole nitrogens is 1. The van der Waals surface area contributed by atoms with Gasteiger partial charge in [-0.3, -0.25) is 14.5 Å². The molecule has 0 bridgehead atoms. The number of nitrogens with one attached hydrogen (secondary N) is 2. The van der Waals surface area contributed by atoms with E-state index >= 15 is 0 Å². The van der Waals surface area contributed by atoms with E-state index in [1.165, 1.54) is 10.9 Å². The van der Waals surface area contributed by atoms with Gasteiger partial charge in [-0.05, 0) is 38.9 Å². The summed E-state index contributed by atoms with van der Waals surface area (Å²) in [6.45, 7) is 6.37. The summed E-state index contributed by atoms with van der Waals surface area (Å²) in [6, 6.07) is 8.13. The lowest BCUT2D eigenvalue weighted by Crippen LogP contribution is -2.42. The van der Waals surface area contributed by atoms with Crippen molar-refractivity contribution in [2.45, 2.75) is 20.3 Å². The maximum absolute atomic E-state index is 12.1. The predicted octanol–water partition coefficient (Wildman–Crippen LogP) is 1.63. The summed E-state index contributed by atoms with van der Waals surface area (Å²) >= 11 is 0. The number of para-hydroxylation sites is 1. The number of nitrogens with zero attached hydrogens (tertiary/aromatic N) is 2. The van der Waals surface area contributed by atoms with Crippen LogP contribution in [0.1, 0.15) is 19.4 Å². The standard InChI is InChI=1S/C19H28N4O2/c1-4-23(5-2)19(25)14-22(3)13-18(24)20-11-10-15-12-21-17-9-7-6-8-16(15)17/h6-9,12,21H,4-5,10-11,13-14H2,1-3H3,(H,20,24). The van der Waals surface area contributed by atoms with Gasteiger partial charge in [-0.2, -0.15) is 0 Å². The summed E-state index contributed by atoms with van der Waals surface area (Å²) in [4.78, 5) is 30.9. The van der Waals surface area contributed by atoms with Crippen molar-refractivity contribution in [3.8, 4) is 0 Å². The van der Waals surface area contributed by atoms with Crippen LogP contribution < -0.4 is 5.32 Å². The van der Waals surface area contributed by atoms with Gasteiger partial charge in [0.2, 0.25) is 11.8 Å². The number of amides is 2. The third-order valence-corrected chi connectivity index (χ3v) is 4.33. The number of carbonyl (C=O) groups excluding carboxylic acids is 2. The van der Waals surface area contributed by atoms with Crippen LogP contribution in [0.2, 0.25) is 0 Å². The van der Waals surface area contributed by atoms with Crippen molar-refractivity contribution in [3.63, 3.8) is 0 Å². The Balaban J connectivity index is 1.74. The fourth-order valence-corrected chi connectivity index (χ4v) is 2.94. The molecule has 0 fully saturated rings. The van der Waals surface area contributed by atoms with Crippen molar-refractivity contribution in [1.29, 1.82) is 0 Å². The molecule has 6 nitrogen and oxygen atoms in total. The monoisotopic (exact) mass is 344 g/mol. The Kier molecular flexibility index (Phi) is 7.01. The molecule has 0 aliphatic heterocycles. The van der Waals surface area contributed by atoms with Crippen molar-refractivity contribution in [1.82, 2.24) is 20.1 Å². The Bertz CT molecular complexity index is 706. The van der Waals surface area contributed by atoms with Crippen LogP contribution in [0.15, 0.2) is 30.5 Å². The summed E-state index contributed by atoms with van der Waals surface area (Å²) in [5.74, 6) is -0.00576. The van der Waals surface area contributed by atoms with Crippen molar-refractivity contribution in [3.05, 3.63) is 36.0 Å². The van der Waals surface area contributed by atoms with Crippen LogP contribution >= 0.6 is 0 Å². The zero-order valence-corrected chi connectivity index (χ0v) is 15.3. The summed E-state index contributed by atoms with van der Waals surface area (Å²) < 4.78 is 0. The lowest BCUT2D eigenvalue weighted by atomic mass is 10.1. The van der Waals surface area contributed by atoms with Crippen molar-refractivity contribution in [2.24, 2.45) is 0 Å². The number of benzene rings is 1. The number of hydrogen-bond donors (Lipinski definition) is 2. The van der Waals surface area contributed by atoms with Gasteiger partial charge in [0, 0.05) is 36.7 Å². The zero-order chi connectivity index (χ0) is 18.2. The van der Waals surface area contributed by atoms with E-state index in [9.17, 15) is 9.59 Å². The lowest BCUT2D eigenvalue weighted by Gasteiger charge is -2.22. The molecule has 0 unspecified atom stereocenters. The molecule has 2 amide bonds. The maximum Gasteiger partial charge on any atom is 0.236 e. The van der Waals surface area contributed by atoms with E-state index in [1.807, 2.05) is 38.2 Å². The number of rotatable bonds is 9. The minimum absolute atomic E-state index is 0.0547. The smallest absolute Gasteiger partial charge is 0.236 e. The molecule has 6 heteroatoms. The van der Waals surface area contributed by atoms with Crippen LogP contribution in [0.3, 0.4) is 0 Å². The van der Waals surface area contributed by atoms with Gasteiger partial charge < -0.3 is 15.2 Å². The molecule has 25 heavy (non-hydrogen) atoms. The molecule has 0 atom stereocenters. The van der Waals surface area contributed by atoms with Crippen LogP contribution in [0.4, 0.5) is 0 Å². The summed E-state index contributed by atoms with van der Waals surface area (Å²) in [5, 5.41) is 4.12. The maximum atomic E-state index is 12.1. The van der Waals surface area contributed by atoms with E-state index in [0.717, 1.165) is 11.9 Å². The fraction of sp³-hybridized carbons (Fsp3) is 0.474. The minimum Gasteiger partial charge on any atom is -0.361 e. The van der Waals surface area contributed by atoms with Gasteiger partial charge in [0.25, 0.3) is 0 Å². The molecule has 0 saturated heterocycles. The largest absolute Gasteiger partial charge is 0.361 e. The summed E-state index contributed by atoms with van der Waals surface area (Å²) in [6.07, 6.45) is 2.77. The molecule has 0 radical (unpaired) electrons. The second kappa shape index (κ2) is 9.22. The minimum atomic E-state index is -0.0605. The van der Waals surface area contributed by atoms with Gasteiger partial charge in [0.15, 0.2) is 0 Å². The van der Waals surface area contributed by atoms with Crippen LogP contribution in [-0.2, 0) is 16.0 Å². The number of aromatic nitrogens is 1. The number of fused-ring (bicyclic) bond motifs is 1. The SMILES string of the molecule is CCN(CC)C(=O)CN(C)CC(=O)NCCc1c[nH]c2ccccc12. The van der Waals surface area contributed by atoms with Gasteiger partial charge >= 0.3 is 0 Å². The normalized spacial score (nSPS) is 11.0. The molecule has 2 N–H and O–H groups in total. The highest BCUT2D eigenvalue weighted by Gasteiger charge is 2.14. The molecule has 0 aliphatic carbocycles. The van der Waals surface area contributed by atoms with Crippen molar-refractivity contribution >= 4 is 22.7 Å². The fourth-order valence-electron chi connectivity index (χ4n) is 2.94. The van der Waals surface area contributed by atoms with E-state index in [-0.39, 0.29) is 24.9 Å². The Hall–Kier alpha value is -2.34. The highest BCUT2D eigenvalue weighted by atomic mass is 16.2. The Morgan fingerprint density at radius 1 is 1.12 bits per heavy atom. The Labute approximate surface area is 149 Å². The van der Waals surface area contributed by atoms with Crippen molar-refractivity contribution < 1.29 is 9.59 Å². The topological polar surface area (TPSA) is 68.4 Å². The Morgan fingerprint density at radius 3 is 2.56 bits per heavy atom. The van der Waals surface area contributed by atoms with E-state index in [4.69, 9.17) is 0 Å². The van der Waals surface area contributed by atoms with Crippen LogP contribution in [0, 0.1) is 0 Å². The molecule has 0 aliphatic rings. The second-order valence-corrected chi connectivity index (χ2v) is 6.20. The van der Waals surface area contributed by atoms with Gasteiger partial charge in [-0.1, -0.05) is 18.2 Å². The molecule has 2 aromatic rings. The van der Waals surface area contributed by atoms with Crippen LogP contribution in [0.25, 0.3) is 10.9 Å². The summed E-state index contributed by atoms with van der Waals surface area (Å²) in [5.41, 5.74) is 2.31.